The Hall–Kier alpha value is -1.88. The Morgan fingerprint density at radius 3 is 1.40 bits per heavy atom. The van der Waals surface area contributed by atoms with E-state index in [-0.39, 0.29) is 0 Å². The van der Waals surface area contributed by atoms with E-state index in [1.54, 1.807) is 0 Å². The van der Waals surface area contributed by atoms with E-state index < -0.39 is 55.5 Å². The molecule has 2 aromatic rings. The van der Waals surface area contributed by atoms with Crippen LogP contribution in [0.25, 0.3) is 0 Å². The highest BCUT2D eigenvalue weighted by molar-refractivity contribution is 7.92. The summed E-state index contributed by atoms with van der Waals surface area (Å²) in [7, 11) is 0. The lowest BCUT2D eigenvalue weighted by Gasteiger charge is -2.23. The summed E-state index contributed by atoms with van der Waals surface area (Å²) in [5, 5.41) is 18.7. The van der Waals surface area contributed by atoms with Gasteiger partial charge in [0.15, 0.2) is 11.5 Å². The van der Waals surface area contributed by atoms with Crippen LogP contribution in [-0.4, -0.2) is 42.3 Å². The molecule has 0 amide bonds. The summed E-state index contributed by atoms with van der Waals surface area (Å²) < 4.78 is 35.4. The maximum Gasteiger partial charge on any atom is 0.226 e. The largest absolute Gasteiger partial charge is 0.616 e. The van der Waals surface area contributed by atoms with E-state index >= 15 is 0 Å². The van der Waals surface area contributed by atoms with E-state index in [9.17, 15) is 28.9 Å². The molecule has 8 nitrogen and oxygen atoms in total. The highest BCUT2D eigenvalue weighted by atomic mass is 32.2. The number of aromatic hydroxyl groups is 2. The molecule has 0 aliphatic carbocycles. The average Bonchev–Trinajstić information content (AvgIpc) is 2.77. The van der Waals surface area contributed by atoms with Crippen LogP contribution in [-0.2, 0) is 33.2 Å². The van der Waals surface area contributed by atoms with Gasteiger partial charge in [-0.15, -0.1) is 0 Å². The second kappa shape index (κ2) is 12.9. The molecule has 0 saturated carbocycles. The van der Waals surface area contributed by atoms with Crippen molar-refractivity contribution < 1.29 is 28.2 Å². The molecular weight excluding hydrogens is 492 g/mol. The zero-order valence-electron chi connectivity index (χ0n) is 20.8. The molecule has 0 aliphatic heterocycles. The molecule has 2 atom stereocenters. The molecule has 0 radical (unpaired) electrons. The zero-order valence-corrected chi connectivity index (χ0v) is 22.5. The van der Waals surface area contributed by atoms with E-state index in [0.29, 0.717) is 66.6 Å². The molecule has 0 spiro atoms. The number of hydrogen-bond acceptors (Lipinski definition) is 8. The van der Waals surface area contributed by atoms with E-state index in [4.69, 9.17) is 8.83 Å². The molecule has 0 bridgehead atoms. The van der Waals surface area contributed by atoms with Crippen molar-refractivity contribution in [2.75, 3.05) is 23.0 Å². The van der Waals surface area contributed by atoms with Gasteiger partial charge in [-0.2, -0.15) is 0 Å². The summed E-state index contributed by atoms with van der Waals surface area (Å²) in [6.07, 6.45) is 5.44. The minimum absolute atomic E-state index is 0.419. The van der Waals surface area contributed by atoms with Gasteiger partial charge in [-0.05, 0) is 25.7 Å². The minimum atomic E-state index is -1.01. The van der Waals surface area contributed by atoms with Crippen LogP contribution in [0.1, 0.15) is 71.3 Å². The zero-order chi connectivity index (χ0) is 26.2. The van der Waals surface area contributed by atoms with Gasteiger partial charge in [-0.3, -0.25) is 9.59 Å². The molecule has 0 fully saturated rings. The van der Waals surface area contributed by atoms with Crippen molar-refractivity contribution in [3.8, 4) is 11.5 Å². The Kier molecular flexibility index (Phi) is 10.8. The van der Waals surface area contributed by atoms with Crippen molar-refractivity contribution in [2.24, 2.45) is 0 Å². The molecule has 2 heterocycles. The van der Waals surface area contributed by atoms with Gasteiger partial charge in [0.2, 0.25) is 10.9 Å². The van der Waals surface area contributed by atoms with Crippen molar-refractivity contribution in [1.82, 2.24) is 0 Å². The second-order valence-corrected chi connectivity index (χ2v) is 13.4. The molecule has 2 rings (SSSR count). The van der Waals surface area contributed by atoms with E-state index in [0.717, 1.165) is 12.5 Å². The molecular formula is C25H36O8S2. The SMILES string of the molecule is CC(C)(CCC[S+]([O-])CCC[S+]([O-])CCCC(C)(C)c1cc(=O)c(O)co1)c1cc(=O)c(O)co1. The predicted molar refractivity (Wildman–Crippen MR) is 138 cm³/mol. The van der Waals surface area contributed by atoms with E-state index in [1.165, 1.54) is 12.1 Å². The van der Waals surface area contributed by atoms with Crippen molar-refractivity contribution >= 4 is 22.4 Å². The minimum Gasteiger partial charge on any atom is -0.616 e. The summed E-state index contributed by atoms with van der Waals surface area (Å²) in [4.78, 5) is 23.3. The van der Waals surface area contributed by atoms with Gasteiger partial charge in [0, 0.05) is 29.4 Å². The lowest BCUT2D eigenvalue weighted by Crippen LogP contribution is -2.23. The monoisotopic (exact) mass is 528 g/mol. The first-order valence-electron chi connectivity index (χ1n) is 11.7. The molecule has 0 saturated heterocycles. The Labute approximate surface area is 212 Å². The summed E-state index contributed by atoms with van der Waals surface area (Å²) in [6, 6.07) is 2.59. The van der Waals surface area contributed by atoms with Crippen molar-refractivity contribution in [1.29, 1.82) is 0 Å². The van der Waals surface area contributed by atoms with Crippen LogP contribution in [0, 0.1) is 0 Å². The highest BCUT2D eigenvalue weighted by Crippen LogP contribution is 2.29. The van der Waals surface area contributed by atoms with Gasteiger partial charge in [0.25, 0.3) is 0 Å². The topological polar surface area (TPSA) is 147 Å². The Morgan fingerprint density at radius 2 is 1.06 bits per heavy atom. The predicted octanol–water partition coefficient (Wildman–Crippen LogP) is 3.71. The summed E-state index contributed by atoms with van der Waals surface area (Å²) in [6.45, 7) is 7.74. The van der Waals surface area contributed by atoms with Crippen molar-refractivity contribution in [3.05, 3.63) is 56.6 Å². The maximum atomic E-state index is 12.4. The highest BCUT2D eigenvalue weighted by Gasteiger charge is 2.26. The summed E-state index contributed by atoms with van der Waals surface area (Å²) in [5.41, 5.74) is -1.80. The van der Waals surface area contributed by atoms with Gasteiger partial charge in [-0.25, -0.2) is 0 Å². The molecule has 2 aromatic heterocycles. The van der Waals surface area contributed by atoms with Crippen LogP contribution in [0.15, 0.2) is 43.1 Å². The quantitative estimate of drug-likeness (QED) is 0.353. The normalized spacial score (nSPS) is 14.1. The summed E-state index contributed by atoms with van der Waals surface area (Å²) >= 11 is -2.03. The number of hydrogen-bond donors (Lipinski definition) is 2. The first-order valence-corrected chi connectivity index (χ1v) is 14.6. The molecule has 0 aliphatic rings. The lowest BCUT2D eigenvalue weighted by molar-refractivity contribution is 0.336. The van der Waals surface area contributed by atoms with Crippen LogP contribution < -0.4 is 10.9 Å². The van der Waals surface area contributed by atoms with Gasteiger partial charge in [0.05, 0.1) is 0 Å². The van der Waals surface area contributed by atoms with E-state index in [1.807, 2.05) is 27.7 Å². The molecule has 35 heavy (non-hydrogen) atoms. The fraction of sp³-hybridized carbons (Fsp3) is 0.600. The van der Waals surface area contributed by atoms with Crippen LogP contribution >= 0.6 is 0 Å². The van der Waals surface area contributed by atoms with Gasteiger partial charge in [0.1, 0.15) is 47.1 Å². The molecule has 2 N–H and O–H groups in total. The first kappa shape index (κ1) is 29.4. The Balaban J connectivity index is 1.65. The van der Waals surface area contributed by atoms with Crippen molar-refractivity contribution in [2.45, 2.75) is 70.6 Å². The van der Waals surface area contributed by atoms with Crippen LogP contribution in [0.3, 0.4) is 0 Å². The standard InChI is InChI=1S/C25H36O8S2/c1-24(2,22-14-18(26)20(28)16-32-22)8-5-10-34(30)12-7-13-35(31)11-6-9-25(3,4)23-15-19(27)21(29)17-33-23/h14-17,28-29H,5-13H2,1-4H3. The Morgan fingerprint density at radius 1 is 0.714 bits per heavy atom. The lowest BCUT2D eigenvalue weighted by atomic mass is 9.85. The molecule has 2 unspecified atom stereocenters. The molecule has 10 heteroatoms. The molecule has 196 valence electrons. The van der Waals surface area contributed by atoms with Crippen LogP contribution in [0.5, 0.6) is 11.5 Å². The fourth-order valence-electron chi connectivity index (χ4n) is 3.70. The number of rotatable bonds is 14. The first-order chi connectivity index (χ1) is 16.3. The van der Waals surface area contributed by atoms with Gasteiger partial charge >= 0.3 is 0 Å². The van der Waals surface area contributed by atoms with Crippen LogP contribution in [0.2, 0.25) is 0 Å². The third-order valence-corrected chi connectivity index (χ3v) is 9.03. The van der Waals surface area contributed by atoms with Gasteiger partial charge < -0.3 is 28.2 Å². The Bertz CT molecular complexity index is 976. The smallest absolute Gasteiger partial charge is 0.226 e. The molecule has 0 aromatic carbocycles. The maximum absolute atomic E-state index is 12.4. The average molecular weight is 529 g/mol. The fourth-order valence-corrected chi connectivity index (χ4v) is 6.16. The van der Waals surface area contributed by atoms with Crippen LogP contribution in [0.4, 0.5) is 0 Å². The van der Waals surface area contributed by atoms with Gasteiger partial charge in [-0.1, -0.05) is 50.0 Å². The second-order valence-electron chi connectivity index (χ2n) is 10.0. The summed E-state index contributed by atoms with van der Waals surface area (Å²) in [5.74, 6) is 2.15. The van der Waals surface area contributed by atoms with E-state index in [2.05, 4.69) is 0 Å². The van der Waals surface area contributed by atoms with Crippen molar-refractivity contribution in [3.63, 3.8) is 0 Å². The third kappa shape index (κ3) is 9.25. The third-order valence-electron chi connectivity index (χ3n) is 6.05.